The molecule has 232 valence electrons. The zero-order valence-corrected chi connectivity index (χ0v) is 24.2. The number of hydrogen-bond acceptors (Lipinski definition) is 15. The lowest BCUT2D eigenvalue weighted by atomic mass is 10.1. The molecule has 0 spiro atoms. The van der Waals surface area contributed by atoms with Crippen molar-refractivity contribution in [1.29, 1.82) is 0 Å². The van der Waals surface area contributed by atoms with Crippen LogP contribution < -0.4 is 21.1 Å². The number of esters is 1. The SMILES string of the molecule is Nc1nc2cc(-c3nn(CCCC(=O)OCCCOc4no[n+]([O-])c4S(=O)(=O)c4ccccc4)c4ncnc(N)c34)ccc2o1. The molecule has 0 unspecified atom stereocenters. The van der Waals surface area contributed by atoms with Crippen molar-refractivity contribution in [2.75, 3.05) is 24.7 Å². The number of ether oxygens (including phenoxy) is 2. The second-order valence-electron chi connectivity index (χ2n) is 9.65. The summed E-state index contributed by atoms with van der Waals surface area (Å²) in [6.45, 7) is 0.236. The molecule has 0 saturated heterocycles. The number of fused-ring (bicyclic) bond motifs is 2. The van der Waals surface area contributed by atoms with E-state index < -0.39 is 26.7 Å². The normalized spacial score (nSPS) is 11.7. The van der Waals surface area contributed by atoms with Gasteiger partial charge in [-0.3, -0.25) is 9.42 Å². The minimum absolute atomic E-state index is 0.0114. The van der Waals surface area contributed by atoms with Gasteiger partial charge in [0.2, 0.25) is 0 Å². The van der Waals surface area contributed by atoms with Crippen LogP contribution in [0.5, 0.6) is 5.88 Å². The number of nitrogens with zero attached hydrogens (tertiary/aromatic N) is 7. The van der Waals surface area contributed by atoms with Crippen LogP contribution in [0.3, 0.4) is 0 Å². The molecule has 4 heterocycles. The first-order chi connectivity index (χ1) is 21.7. The molecular formula is C27H25N9O8S. The molecule has 6 rings (SSSR count). The van der Waals surface area contributed by atoms with Crippen LogP contribution >= 0.6 is 0 Å². The van der Waals surface area contributed by atoms with Crippen molar-refractivity contribution in [2.24, 2.45) is 0 Å². The second-order valence-corrected chi connectivity index (χ2v) is 11.5. The fourth-order valence-electron chi connectivity index (χ4n) is 4.58. The predicted molar refractivity (Wildman–Crippen MR) is 155 cm³/mol. The maximum Gasteiger partial charge on any atom is 0.414 e. The highest BCUT2D eigenvalue weighted by atomic mass is 32.2. The first-order valence-corrected chi connectivity index (χ1v) is 15.0. The highest BCUT2D eigenvalue weighted by Crippen LogP contribution is 2.32. The molecule has 0 aliphatic heterocycles. The lowest BCUT2D eigenvalue weighted by Gasteiger charge is -2.06. The molecule has 0 fully saturated rings. The summed E-state index contributed by atoms with van der Waals surface area (Å²) in [5.41, 5.74) is 14.7. The zero-order valence-electron chi connectivity index (χ0n) is 23.4. The molecule has 17 nitrogen and oxygen atoms in total. The number of oxazole rings is 1. The molecule has 4 N–H and O–H groups in total. The summed E-state index contributed by atoms with van der Waals surface area (Å²) in [5, 5.41) is 19.9. The van der Waals surface area contributed by atoms with Gasteiger partial charge < -0.3 is 30.6 Å². The van der Waals surface area contributed by atoms with Gasteiger partial charge in [-0.15, -0.1) is 0 Å². The summed E-state index contributed by atoms with van der Waals surface area (Å²) < 4.78 is 47.7. The third kappa shape index (κ3) is 5.90. The van der Waals surface area contributed by atoms with Gasteiger partial charge in [0.15, 0.2) is 11.2 Å². The van der Waals surface area contributed by atoms with Crippen LogP contribution in [0, 0.1) is 5.21 Å². The first kappa shape index (κ1) is 29.3. The fraction of sp³-hybridized carbons (Fsp3) is 0.222. The van der Waals surface area contributed by atoms with Crippen LogP contribution in [0.1, 0.15) is 19.3 Å². The van der Waals surface area contributed by atoms with Crippen LogP contribution in [0.15, 0.2) is 73.8 Å². The Labute approximate surface area is 253 Å². The summed E-state index contributed by atoms with van der Waals surface area (Å²) in [4.78, 5) is 24.6. The molecule has 0 atom stereocenters. The molecule has 6 aromatic rings. The highest BCUT2D eigenvalue weighted by Gasteiger charge is 2.35. The Kier molecular flexibility index (Phi) is 7.86. The average Bonchev–Trinajstić information content (AvgIpc) is 3.71. The van der Waals surface area contributed by atoms with E-state index in [9.17, 15) is 18.4 Å². The van der Waals surface area contributed by atoms with Crippen molar-refractivity contribution in [1.82, 2.24) is 29.9 Å². The van der Waals surface area contributed by atoms with E-state index in [0.717, 1.165) is 0 Å². The number of rotatable bonds is 12. The second kappa shape index (κ2) is 12.1. The monoisotopic (exact) mass is 635 g/mol. The lowest BCUT2D eigenvalue weighted by Crippen LogP contribution is -2.31. The molecule has 0 aliphatic rings. The van der Waals surface area contributed by atoms with E-state index in [1.165, 1.54) is 30.6 Å². The van der Waals surface area contributed by atoms with Gasteiger partial charge in [0.05, 0.1) is 28.7 Å². The maximum absolute atomic E-state index is 12.8. The minimum Gasteiger partial charge on any atom is -0.466 e. The van der Waals surface area contributed by atoms with Crippen molar-refractivity contribution in [3.8, 4) is 17.1 Å². The smallest absolute Gasteiger partial charge is 0.414 e. The molecule has 0 bridgehead atoms. The molecule has 0 amide bonds. The number of anilines is 2. The van der Waals surface area contributed by atoms with Crippen LogP contribution in [-0.2, 0) is 25.9 Å². The highest BCUT2D eigenvalue weighted by molar-refractivity contribution is 7.91. The Morgan fingerprint density at radius 2 is 1.89 bits per heavy atom. The Bertz CT molecular complexity index is 2110. The molecule has 45 heavy (non-hydrogen) atoms. The quantitative estimate of drug-likeness (QED) is 0.111. The lowest BCUT2D eigenvalue weighted by molar-refractivity contribution is -0.832. The Morgan fingerprint density at radius 3 is 2.71 bits per heavy atom. The standard InChI is InChI=1S/C27H25N9O8S/c28-23-21-22(16-9-10-19-18(14-16)32-27(29)43-19)33-35(24(21)31-15-30-23)11-4-8-20(37)41-12-5-13-42-25-26(36(38)44-34-25)45(39,40)17-6-2-1-3-7-17/h1-3,6-7,9-10,14-15H,4-5,8,11-13H2,(H2,29,32)(H2,28,30,31). The van der Waals surface area contributed by atoms with Gasteiger partial charge in [-0.2, -0.15) is 10.1 Å². The van der Waals surface area contributed by atoms with E-state index in [0.29, 0.717) is 46.4 Å². The maximum atomic E-state index is 12.8. The Hall–Kier alpha value is -5.78. The number of nitrogen functional groups attached to an aromatic ring is 2. The topological polar surface area (TPSA) is 244 Å². The number of carbonyl (C=O) groups excluding carboxylic acids is 1. The van der Waals surface area contributed by atoms with Crippen LogP contribution in [0.25, 0.3) is 33.4 Å². The van der Waals surface area contributed by atoms with Gasteiger partial charge in [-0.1, -0.05) is 18.2 Å². The molecule has 18 heteroatoms. The van der Waals surface area contributed by atoms with Gasteiger partial charge in [0.1, 0.15) is 23.4 Å². The zero-order chi connectivity index (χ0) is 31.6. The average molecular weight is 636 g/mol. The fourth-order valence-corrected chi connectivity index (χ4v) is 5.88. The number of aromatic nitrogens is 7. The third-order valence-corrected chi connectivity index (χ3v) is 8.36. The van der Waals surface area contributed by atoms with E-state index in [-0.39, 0.29) is 47.7 Å². The number of sulfone groups is 1. The summed E-state index contributed by atoms with van der Waals surface area (Å²) in [7, 11) is -4.23. The molecule has 2 aromatic carbocycles. The summed E-state index contributed by atoms with van der Waals surface area (Å²) in [6.07, 6.45) is 2.01. The number of benzene rings is 2. The van der Waals surface area contributed by atoms with Crippen molar-refractivity contribution in [3.63, 3.8) is 0 Å². The van der Waals surface area contributed by atoms with Gasteiger partial charge in [0, 0.05) is 24.9 Å². The minimum atomic E-state index is -4.23. The van der Waals surface area contributed by atoms with E-state index >= 15 is 0 Å². The molecule has 4 aromatic heterocycles. The molecule has 0 saturated carbocycles. The van der Waals surface area contributed by atoms with E-state index in [4.69, 9.17) is 25.4 Å². The van der Waals surface area contributed by atoms with E-state index in [1.807, 2.05) is 0 Å². The van der Waals surface area contributed by atoms with Gasteiger partial charge >= 0.3 is 16.9 Å². The van der Waals surface area contributed by atoms with E-state index in [1.54, 1.807) is 28.9 Å². The van der Waals surface area contributed by atoms with Gasteiger partial charge in [-0.25, -0.2) is 23.1 Å². The van der Waals surface area contributed by atoms with Crippen molar-refractivity contribution in [2.45, 2.75) is 35.7 Å². The van der Waals surface area contributed by atoms with E-state index in [2.05, 4.69) is 29.8 Å². The first-order valence-electron chi connectivity index (χ1n) is 13.5. The number of aryl methyl sites for hydroxylation is 1. The van der Waals surface area contributed by atoms with Crippen LogP contribution in [0.4, 0.5) is 11.8 Å². The molecular weight excluding hydrogens is 610 g/mol. The third-order valence-electron chi connectivity index (χ3n) is 6.63. The Balaban J connectivity index is 1.02. The summed E-state index contributed by atoms with van der Waals surface area (Å²) in [5.74, 6) is -0.690. The number of carbonyl (C=O) groups is 1. The summed E-state index contributed by atoms with van der Waals surface area (Å²) in [6, 6.07) is 12.7. The van der Waals surface area contributed by atoms with Gasteiger partial charge in [-0.05, 0) is 41.7 Å². The predicted octanol–water partition coefficient (Wildman–Crippen LogP) is 2.05. The molecule has 0 aliphatic carbocycles. The Morgan fingerprint density at radius 1 is 1.07 bits per heavy atom. The summed E-state index contributed by atoms with van der Waals surface area (Å²) >= 11 is 0. The molecule has 0 radical (unpaired) electrons. The van der Waals surface area contributed by atoms with Crippen molar-refractivity contribution >= 4 is 49.8 Å². The van der Waals surface area contributed by atoms with Crippen LogP contribution in [0.2, 0.25) is 0 Å². The number of hydrogen-bond donors (Lipinski definition) is 2. The van der Waals surface area contributed by atoms with Crippen LogP contribution in [-0.4, -0.2) is 57.5 Å². The van der Waals surface area contributed by atoms with Crippen molar-refractivity contribution in [3.05, 3.63) is 60.1 Å². The van der Waals surface area contributed by atoms with Gasteiger partial charge in [0.25, 0.3) is 15.9 Å². The largest absolute Gasteiger partial charge is 0.466 e. The number of nitrogens with two attached hydrogens (primary N) is 2. The van der Waals surface area contributed by atoms with Crippen molar-refractivity contribution < 1.29 is 36.6 Å².